The van der Waals surface area contributed by atoms with E-state index in [0.717, 1.165) is 23.0 Å². The second kappa shape index (κ2) is 7.32. The first kappa shape index (κ1) is 15.6. The van der Waals surface area contributed by atoms with Crippen molar-refractivity contribution in [3.05, 3.63) is 27.7 Å². The molecular weight excluding hydrogens is 342 g/mol. The summed E-state index contributed by atoms with van der Waals surface area (Å²) in [5.74, 6) is 0.189. The number of carbonyl (C=O) groups excluding carboxylic acids is 1. The molecule has 0 saturated heterocycles. The fourth-order valence-corrected chi connectivity index (χ4v) is 3.15. The van der Waals surface area contributed by atoms with Crippen molar-refractivity contribution in [1.29, 1.82) is 0 Å². The number of esters is 1. The Balaban J connectivity index is 2.13. The molecule has 1 fully saturated rings. The topological polar surface area (TPSA) is 38.3 Å². The number of hydrogen-bond acceptors (Lipinski definition) is 3. The molecule has 1 atom stereocenters. The number of halogens is 2. The molecule has 1 aromatic rings. The van der Waals surface area contributed by atoms with Gasteiger partial charge in [-0.25, -0.2) is 4.79 Å². The molecule has 110 valence electrons. The highest BCUT2D eigenvalue weighted by Gasteiger charge is 2.31. The number of hydrogen-bond donors (Lipinski definition) is 1. The van der Waals surface area contributed by atoms with E-state index in [9.17, 15) is 4.79 Å². The van der Waals surface area contributed by atoms with Crippen molar-refractivity contribution < 1.29 is 9.53 Å². The van der Waals surface area contributed by atoms with Crippen LogP contribution < -0.4 is 5.32 Å². The number of ether oxygens (including phenoxy) is 1. The third kappa shape index (κ3) is 3.89. The van der Waals surface area contributed by atoms with Crippen molar-refractivity contribution in [1.82, 2.24) is 0 Å². The number of rotatable bonds is 5. The molecule has 3 nitrogen and oxygen atoms in total. The summed E-state index contributed by atoms with van der Waals surface area (Å²) >= 11 is 9.39. The molecule has 0 spiro atoms. The van der Waals surface area contributed by atoms with Crippen LogP contribution in [-0.2, 0) is 9.53 Å². The molecule has 1 N–H and O–H groups in total. The lowest BCUT2D eigenvalue weighted by Gasteiger charge is -2.24. The van der Waals surface area contributed by atoms with Gasteiger partial charge in [0.2, 0.25) is 0 Å². The summed E-state index contributed by atoms with van der Waals surface area (Å²) in [7, 11) is 0. The molecule has 5 heteroatoms. The van der Waals surface area contributed by atoms with Gasteiger partial charge in [-0.2, -0.15) is 0 Å². The second-order valence-corrected chi connectivity index (χ2v) is 6.31. The summed E-state index contributed by atoms with van der Waals surface area (Å²) in [5, 5.41) is 3.97. The van der Waals surface area contributed by atoms with Gasteiger partial charge in [-0.05, 0) is 59.8 Å². The van der Waals surface area contributed by atoms with Crippen LogP contribution in [0.3, 0.4) is 0 Å². The molecule has 1 aromatic carbocycles. The minimum Gasteiger partial charge on any atom is -0.464 e. The van der Waals surface area contributed by atoms with Gasteiger partial charge >= 0.3 is 5.97 Å². The highest BCUT2D eigenvalue weighted by molar-refractivity contribution is 9.10. The van der Waals surface area contributed by atoms with Gasteiger partial charge in [-0.1, -0.05) is 24.4 Å². The van der Waals surface area contributed by atoms with E-state index in [-0.39, 0.29) is 12.0 Å². The molecule has 1 aliphatic carbocycles. The van der Waals surface area contributed by atoms with Gasteiger partial charge in [-0.15, -0.1) is 0 Å². The zero-order valence-corrected chi connectivity index (χ0v) is 13.8. The predicted octanol–water partition coefficient (Wildman–Crippen LogP) is 4.64. The van der Waals surface area contributed by atoms with Crippen molar-refractivity contribution in [2.75, 3.05) is 11.9 Å². The van der Waals surface area contributed by atoms with Crippen LogP contribution in [0.5, 0.6) is 0 Å². The molecule has 1 aliphatic rings. The van der Waals surface area contributed by atoms with E-state index in [0.29, 0.717) is 17.5 Å². The van der Waals surface area contributed by atoms with E-state index >= 15 is 0 Å². The fraction of sp³-hybridized carbons (Fsp3) is 0.533. The van der Waals surface area contributed by atoms with Crippen LogP contribution in [0, 0.1) is 5.92 Å². The molecule has 1 saturated carbocycles. The fourth-order valence-electron chi connectivity index (χ4n) is 2.66. The van der Waals surface area contributed by atoms with Crippen LogP contribution in [0.1, 0.15) is 32.6 Å². The molecule has 0 aliphatic heterocycles. The lowest BCUT2D eigenvalue weighted by atomic mass is 9.98. The standard InChI is InChI=1S/C15H19BrClNO2/c1-2-20-15(19)14(10-5-3-4-6-10)18-11-7-8-13(17)12(16)9-11/h7-10,14,18H,2-6H2,1H3. The van der Waals surface area contributed by atoms with E-state index in [1.807, 2.05) is 25.1 Å². The Labute approximate surface area is 133 Å². The summed E-state index contributed by atoms with van der Waals surface area (Å²) in [6, 6.07) is 5.31. The van der Waals surface area contributed by atoms with E-state index in [2.05, 4.69) is 21.2 Å². The largest absolute Gasteiger partial charge is 0.464 e. The third-order valence-corrected chi connectivity index (χ3v) is 4.87. The van der Waals surface area contributed by atoms with Crippen LogP contribution in [0.4, 0.5) is 5.69 Å². The maximum atomic E-state index is 12.2. The Morgan fingerprint density at radius 2 is 2.20 bits per heavy atom. The average Bonchev–Trinajstić information content (AvgIpc) is 2.94. The summed E-state index contributed by atoms with van der Waals surface area (Å²) in [4.78, 5) is 12.2. The van der Waals surface area contributed by atoms with E-state index in [1.165, 1.54) is 12.8 Å². The Bertz CT molecular complexity index is 475. The van der Waals surface area contributed by atoms with Crippen LogP contribution in [0.15, 0.2) is 22.7 Å². The first-order valence-corrected chi connectivity index (χ1v) is 8.17. The van der Waals surface area contributed by atoms with Crippen molar-refractivity contribution in [2.45, 2.75) is 38.6 Å². The van der Waals surface area contributed by atoms with E-state index in [1.54, 1.807) is 0 Å². The number of anilines is 1. The summed E-state index contributed by atoms with van der Waals surface area (Å²) < 4.78 is 6.02. The first-order valence-electron chi connectivity index (χ1n) is 7.00. The third-order valence-electron chi connectivity index (χ3n) is 3.65. The van der Waals surface area contributed by atoms with Crippen LogP contribution in [-0.4, -0.2) is 18.6 Å². The zero-order chi connectivity index (χ0) is 14.5. The minimum atomic E-state index is -0.273. The van der Waals surface area contributed by atoms with Crippen LogP contribution >= 0.6 is 27.5 Å². The molecule has 2 rings (SSSR count). The first-order chi connectivity index (χ1) is 9.61. The van der Waals surface area contributed by atoms with Crippen molar-refractivity contribution in [2.24, 2.45) is 5.92 Å². The Morgan fingerprint density at radius 1 is 1.50 bits per heavy atom. The average molecular weight is 361 g/mol. The Kier molecular flexibility index (Phi) is 5.73. The van der Waals surface area contributed by atoms with Crippen LogP contribution in [0.2, 0.25) is 5.02 Å². The molecule has 1 unspecified atom stereocenters. The van der Waals surface area contributed by atoms with Gasteiger partial charge in [0.15, 0.2) is 0 Å². The lowest BCUT2D eigenvalue weighted by Crippen LogP contribution is -2.37. The predicted molar refractivity (Wildman–Crippen MR) is 85.2 cm³/mol. The summed E-state index contributed by atoms with van der Waals surface area (Å²) in [5.41, 5.74) is 0.881. The molecule has 0 aromatic heterocycles. The van der Waals surface area contributed by atoms with Gasteiger partial charge in [0, 0.05) is 10.2 Å². The molecule has 20 heavy (non-hydrogen) atoms. The lowest BCUT2D eigenvalue weighted by molar-refractivity contribution is -0.145. The SMILES string of the molecule is CCOC(=O)C(Nc1ccc(Cl)c(Br)c1)C1CCCC1. The zero-order valence-electron chi connectivity index (χ0n) is 11.5. The van der Waals surface area contributed by atoms with Gasteiger partial charge < -0.3 is 10.1 Å². The Hall–Kier alpha value is -0.740. The van der Waals surface area contributed by atoms with E-state index < -0.39 is 0 Å². The number of nitrogens with one attached hydrogen (secondary N) is 1. The summed E-state index contributed by atoms with van der Waals surface area (Å²) in [6.07, 6.45) is 4.52. The van der Waals surface area contributed by atoms with Gasteiger partial charge in [-0.3, -0.25) is 0 Å². The molecule has 0 radical (unpaired) electrons. The molecule has 0 bridgehead atoms. The van der Waals surface area contributed by atoms with Gasteiger partial charge in [0.25, 0.3) is 0 Å². The highest BCUT2D eigenvalue weighted by Crippen LogP contribution is 2.31. The number of carbonyl (C=O) groups is 1. The molecular formula is C15H19BrClNO2. The van der Waals surface area contributed by atoms with Gasteiger partial charge in [0.1, 0.15) is 6.04 Å². The Morgan fingerprint density at radius 3 is 2.80 bits per heavy atom. The quantitative estimate of drug-likeness (QED) is 0.778. The maximum Gasteiger partial charge on any atom is 0.328 e. The minimum absolute atomic E-state index is 0.162. The monoisotopic (exact) mass is 359 g/mol. The summed E-state index contributed by atoms with van der Waals surface area (Å²) in [6.45, 7) is 2.25. The van der Waals surface area contributed by atoms with Crippen molar-refractivity contribution in [3.63, 3.8) is 0 Å². The number of benzene rings is 1. The van der Waals surface area contributed by atoms with Crippen molar-refractivity contribution in [3.8, 4) is 0 Å². The van der Waals surface area contributed by atoms with E-state index in [4.69, 9.17) is 16.3 Å². The van der Waals surface area contributed by atoms with Gasteiger partial charge in [0.05, 0.1) is 11.6 Å². The normalized spacial score (nSPS) is 16.9. The maximum absolute atomic E-state index is 12.2. The molecule has 0 heterocycles. The second-order valence-electron chi connectivity index (χ2n) is 5.05. The molecule has 0 amide bonds. The smallest absolute Gasteiger partial charge is 0.328 e. The van der Waals surface area contributed by atoms with Crippen LogP contribution in [0.25, 0.3) is 0 Å². The highest BCUT2D eigenvalue weighted by atomic mass is 79.9. The van der Waals surface area contributed by atoms with Crippen molar-refractivity contribution >= 4 is 39.2 Å².